The lowest BCUT2D eigenvalue weighted by Crippen LogP contribution is -2.29. The highest BCUT2D eigenvalue weighted by atomic mass is 16.3. The van der Waals surface area contributed by atoms with Gasteiger partial charge in [0.1, 0.15) is 5.76 Å². The maximum Gasteiger partial charge on any atom is 0.222 e. The van der Waals surface area contributed by atoms with Crippen molar-refractivity contribution in [1.82, 2.24) is 4.90 Å². The molecule has 0 bridgehead atoms. The molecule has 1 atom stereocenters. The van der Waals surface area contributed by atoms with Crippen LogP contribution in [0.1, 0.15) is 44.9 Å². The molecular formula is C12H19NO2. The van der Waals surface area contributed by atoms with E-state index in [0.29, 0.717) is 6.42 Å². The fourth-order valence-corrected chi connectivity index (χ4v) is 1.44. The largest absolute Gasteiger partial charge is 0.467 e. The molecule has 1 aromatic rings. The fourth-order valence-electron chi connectivity index (χ4n) is 1.44. The van der Waals surface area contributed by atoms with Gasteiger partial charge in [-0.1, -0.05) is 13.3 Å². The summed E-state index contributed by atoms with van der Waals surface area (Å²) in [5, 5.41) is 0. The van der Waals surface area contributed by atoms with Crippen molar-refractivity contribution in [2.24, 2.45) is 0 Å². The van der Waals surface area contributed by atoms with Gasteiger partial charge in [-0.2, -0.15) is 0 Å². The van der Waals surface area contributed by atoms with Crippen molar-refractivity contribution in [3.05, 3.63) is 24.2 Å². The molecule has 0 saturated heterocycles. The Kier molecular flexibility index (Phi) is 4.40. The van der Waals surface area contributed by atoms with Crippen LogP contribution in [-0.4, -0.2) is 17.9 Å². The Morgan fingerprint density at radius 3 is 2.87 bits per heavy atom. The van der Waals surface area contributed by atoms with E-state index in [2.05, 4.69) is 6.92 Å². The van der Waals surface area contributed by atoms with Crippen molar-refractivity contribution in [3.8, 4) is 0 Å². The van der Waals surface area contributed by atoms with E-state index < -0.39 is 0 Å². The predicted octanol–water partition coefficient (Wildman–Crippen LogP) is 2.99. The number of rotatable bonds is 5. The molecule has 1 rings (SSSR count). The van der Waals surface area contributed by atoms with E-state index in [4.69, 9.17) is 4.42 Å². The number of hydrogen-bond donors (Lipinski definition) is 0. The van der Waals surface area contributed by atoms with Gasteiger partial charge in [0.2, 0.25) is 5.91 Å². The third-order valence-corrected chi connectivity index (χ3v) is 2.67. The molecule has 0 saturated carbocycles. The van der Waals surface area contributed by atoms with Crippen LogP contribution in [0.3, 0.4) is 0 Å². The quantitative estimate of drug-likeness (QED) is 0.747. The van der Waals surface area contributed by atoms with E-state index in [0.717, 1.165) is 18.6 Å². The smallest absolute Gasteiger partial charge is 0.222 e. The summed E-state index contributed by atoms with van der Waals surface area (Å²) in [5.41, 5.74) is 0. The van der Waals surface area contributed by atoms with Crippen molar-refractivity contribution >= 4 is 5.91 Å². The lowest BCUT2D eigenvalue weighted by Gasteiger charge is -2.23. The van der Waals surface area contributed by atoms with Gasteiger partial charge in [-0.15, -0.1) is 0 Å². The number of unbranched alkanes of at least 4 members (excludes halogenated alkanes) is 1. The van der Waals surface area contributed by atoms with E-state index in [-0.39, 0.29) is 11.9 Å². The van der Waals surface area contributed by atoms with E-state index in [9.17, 15) is 4.79 Å². The summed E-state index contributed by atoms with van der Waals surface area (Å²) in [5.74, 6) is 1.02. The summed E-state index contributed by atoms with van der Waals surface area (Å²) in [6.45, 7) is 4.06. The van der Waals surface area contributed by atoms with Gasteiger partial charge < -0.3 is 9.32 Å². The standard InChI is InChI=1S/C12H19NO2/c1-4-5-8-12(14)13(3)10(2)11-7-6-9-15-11/h6-7,9-10H,4-5,8H2,1-3H3. The van der Waals surface area contributed by atoms with Crippen molar-refractivity contribution in [1.29, 1.82) is 0 Å². The number of carbonyl (C=O) groups excluding carboxylic acids is 1. The molecule has 0 radical (unpaired) electrons. The summed E-state index contributed by atoms with van der Waals surface area (Å²) in [6, 6.07) is 3.76. The molecule has 0 aliphatic carbocycles. The van der Waals surface area contributed by atoms with Gasteiger partial charge in [0.25, 0.3) is 0 Å². The molecule has 0 aliphatic rings. The molecule has 1 unspecified atom stereocenters. The predicted molar refractivity (Wildman–Crippen MR) is 59.4 cm³/mol. The molecule has 15 heavy (non-hydrogen) atoms. The van der Waals surface area contributed by atoms with Crippen molar-refractivity contribution in [2.45, 2.75) is 39.2 Å². The zero-order valence-electron chi connectivity index (χ0n) is 9.69. The van der Waals surface area contributed by atoms with Gasteiger partial charge in [0, 0.05) is 13.5 Å². The van der Waals surface area contributed by atoms with Crippen LogP contribution in [0, 0.1) is 0 Å². The van der Waals surface area contributed by atoms with E-state index >= 15 is 0 Å². The Hall–Kier alpha value is -1.25. The lowest BCUT2D eigenvalue weighted by molar-refractivity contribution is -0.132. The first-order valence-electron chi connectivity index (χ1n) is 5.45. The van der Waals surface area contributed by atoms with Crippen LogP contribution in [0.4, 0.5) is 0 Å². The zero-order chi connectivity index (χ0) is 11.3. The normalized spacial score (nSPS) is 12.5. The summed E-state index contributed by atoms with van der Waals surface area (Å²) in [7, 11) is 1.82. The summed E-state index contributed by atoms with van der Waals surface area (Å²) in [4.78, 5) is 13.5. The van der Waals surface area contributed by atoms with Crippen LogP contribution < -0.4 is 0 Å². The Labute approximate surface area is 91.1 Å². The second-order valence-electron chi connectivity index (χ2n) is 3.80. The molecule has 0 N–H and O–H groups in total. The number of nitrogens with zero attached hydrogens (tertiary/aromatic N) is 1. The van der Waals surface area contributed by atoms with Gasteiger partial charge in [-0.25, -0.2) is 0 Å². The highest BCUT2D eigenvalue weighted by Crippen LogP contribution is 2.19. The molecule has 0 aliphatic heterocycles. The van der Waals surface area contributed by atoms with Gasteiger partial charge in [-0.05, 0) is 25.5 Å². The van der Waals surface area contributed by atoms with E-state index in [1.807, 2.05) is 26.1 Å². The van der Waals surface area contributed by atoms with Crippen LogP contribution in [-0.2, 0) is 4.79 Å². The van der Waals surface area contributed by atoms with Crippen LogP contribution >= 0.6 is 0 Å². The topological polar surface area (TPSA) is 33.5 Å². The van der Waals surface area contributed by atoms with Crippen LogP contribution in [0.15, 0.2) is 22.8 Å². The highest BCUT2D eigenvalue weighted by Gasteiger charge is 2.18. The number of hydrogen-bond acceptors (Lipinski definition) is 2. The third kappa shape index (κ3) is 3.11. The number of carbonyl (C=O) groups is 1. The molecule has 84 valence electrons. The van der Waals surface area contributed by atoms with Crippen molar-refractivity contribution in [2.75, 3.05) is 7.05 Å². The first kappa shape index (κ1) is 11.8. The Balaban J connectivity index is 2.52. The monoisotopic (exact) mass is 209 g/mol. The molecule has 3 nitrogen and oxygen atoms in total. The summed E-state index contributed by atoms with van der Waals surface area (Å²) < 4.78 is 5.28. The van der Waals surface area contributed by atoms with Crippen molar-refractivity contribution in [3.63, 3.8) is 0 Å². The Morgan fingerprint density at radius 1 is 1.60 bits per heavy atom. The maximum absolute atomic E-state index is 11.7. The van der Waals surface area contributed by atoms with Gasteiger partial charge >= 0.3 is 0 Å². The second kappa shape index (κ2) is 5.59. The molecule has 0 aromatic carbocycles. The minimum atomic E-state index is 0.0179. The minimum Gasteiger partial charge on any atom is -0.467 e. The molecule has 1 heterocycles. The van der Waals surface area contributed by atoms with Crippen LogP contribution in [0.25, 0.3) is 0 Å². The summed E-state index contributed by atoms with van der Waals surface area (Å²) in [6.07, 6.45) is 4.26. The van der Waals surface area contributed by atoms with Crippen molar-refractivity contribution < 1.29 is 9.21 Å². The fraction of sp³-hybridized carbons (Fsp3) is 0.583. The second-order valence-corrected chi connectivity index (χ2v) is 3.80. The molecule has 3 heteroatoms. The summed E-state index contributed by atoms with van der Waals surface area (Å²) >= 11 is 0. The zero-order valence-corrected chi connectivity index (χ0v) is 9.69. The first-order chi connectivity index (χ1) is 7.16. The molecular weight excluding hydrogens is 190 g/mol. The van der Waals surface area contributed by atoms with Crippen LogP contribution in [0.5, 0.6) is 0 Å². The van der Waals surface area contributed by atoms with E-state index in [1.165, 1.54) is 0 Å². The number of amides is 1. The molecule has 0 fully saturated rings. The lowest BCUT2D eigenvalue weighted by atomic mass is 10.2. The minimum absolute atomic E-state index is 0.0179. The molecule has 1 amide bonds. The Morgan fingerprint density at radius 2 is 2.33 bits per heavy atom. The highest BCUT2D eigenvalue weighted by molar-refractivity contribution is 5.76. The molecule has 0 spiro atoms. The average Bonchev–Trinajstić information content (AvgIpc) is 2.77. The van der Waals surface area contributed by atoms with E-state index in [1.54, 1.807) is 11.2 Å². The number of furan rings is 1. The van der Waals surface area contributed by atoms with Gasteiger partial charge in [0.05, 0.1) is 12.3 Å². The van der Waals surface area contributed by atoms with Gasteiger partial charge in [-0.3, -0.25) is 4.79 Å². The molecule has 1 aromatic heterocycles. The van der Waals surface area contributed by atoms with Gasteiger partial charge in [0.15, 0.2) is 0 Å². The maximum atomic E-state index is 11.7. The Bertz CT molecular complexity index is 293. The van der Waals surface area contributed by atoms with Crippen LogP contribution in [0.2, 0.25) is 0 Å². The first-order valence-corrected chi connectivity index (χ1v) is 5.45. The third-order valence-electron chi connectivity index (χ3n) is 2.67. The average molecular weight is 209 g/mol. The SMILES string of the molecule is CCCCC(=O)N(C)C(C)c1ccco1.